The SMILES string of the molecule is Cl.Nc1c(F)cccc1Cl. The van der Waals surface area contributed by atoms with Gasteiger partial charge in [0.05, 0.1) is 10.7 Å². The Kier molecular flexibility index (Phi) is 3.47. The Morgan fingerprint density at radius 2 is 2.00 bits per heavy atom. The van der Waals surface area contributed by atoms with Gasteiger partial charge < -0.3 is 5.73 Å². The van der Waals surface area contributed by atoms with Crippen molar-refractivity contribution >= 4 is 29.7 Å². The Hall–Kier alpha value is -0.470. The summed E-state index contributed by atoms with van der Waals surface area (Å²) in [4.78, 5) is 0. The molecule has 0 bridgehead atoms. The van der Waals surface area contributed by atoms with Gasteiger partial charge in [-0.25, -0.2) is 4.39 Å². The van der Waals surface area contributed by atoms with Gasteiger partial charge >= 0.3 is 0 Å². The number of hydrogen-bond acceptors (Lipinski definition) is 1. The normalized spacial score (nSPS) is 8.60. The fourth-order valence-corrected chi connectivity index (χ4v) is 0.674. The Labute approximate surface area is 69.4 Å². The summed E-state index contributed by atoms with van der Waals surface area (Å²) in [5.74, 6) is -0.470. The molecule has 0 aliphatic carbocycles. The number of rotatable bonds is 0. The molecule has 1 rings (SSSR count). The van der Waals surface area contributed by atoms with Crippen LogP contribution in [-0.4, -0.2) is 0 Å². The molecule has 0 unspecified atom stereocenters. The van der Waals surface area contributed by atoms with Gasteiger partial charge in [-0.15, -0.1) is 12.4 Å². The molecule has 0 aliphatic heterocycles. The zero-order valence-corrected chi connectivity index (χ0v) is 6.55. The highest BCUT2D eigenvalue weighted by molar-refractivity contribution is 6.33. The van der Waals surface area contributed by atoms with Gasteiger partial charge in [0.25, 0.3) is 0 Å². The monoisotopic (exact) mass is 181 g/mol. The van der Waals surface area contributed by atoms with Gasteiger partial charge in [0.2, 0.25) is 0 Å². The van der Waals surface area contributed by atoms with E-state index in [9.17, 15) is 4.39 Å². The van der Waals surface area contributed by atoms with Crippen LogP contribution in [0.1, 0.15) is 0 Å². The summed E-state index contributed by atoms with van der Waals surface area (Å²) in [5, 5.41) is 0.259. The van der Waals surface area contributed by atoms with Crippen LogP contribution in [0.15, 0.2) is 18.2 Å². The fourth-order valence-electron chi connectivity index (χ4n) is 0.511. The second-order valence-corrected chi connectivity index (χ2v) is 2.04. The fraction of sp³-hybridized carbons (Fsp3) is 0. The van der Waals surface area contributed by atoms with Crippen LogP contribution in [0.4, 0.5) is 10.1 Å². The predicted molar refractivity (Wildman–Crippen MR) is 43.1 cm³/mol. The molecule has 0 heterocycles. The van der Waals surface area contributed by atoms with Crippen LogP contribution in [0.25, 0.3) is 0 Å². The molecule has 2 N–H and O–H groups in total. The van der Waals surface area contributed by atoms with Crippen molar-refractivity contribution in [1.82, 2.24) is 0 Å². The van der Waals surface area contributed by atoms with E-state index in [0.717, 1.165) is 0 Å². The van der Waals surface area contributed by atoms with Crippen molar-refractivity contribution in [1.29, 1.82) is 0 Å². The summed E-state index contributed by atoms with van der Waals surface area (Å²) < 4.78 is 12.4. The topological polar surface area (TPSA) is 26.0 Å². The van der Waals surface area contributed by atoms with E-state index in [1.165, 1.54) is 12.1 Å². The number of halogens is 3. The maximum absolute atomic E-state index is 12.4. The molecule has 0 aliphatic rings. The van der Waals surface area contributed by atoms with Crippen molar-refractivity contribution in [3.8, 4) is 0 Å². The van der Waals surface area contributed by atoms with Crippen molar-refractivity contribution in [2.75, 3.05) is 5.73 Å². The molecule has 0 aromatic heterocycles. The van der Waals surface area contributed by atoms with Crippen molar-refractivity contribution in [2.24, 2.45) is 0 Å². The summed E-state index contributed by atoms with van der Waals surface area (Å²) in [6.45, 7) is 0. The Morgan fingerprint density at radius 3 is 2.40 bits per heavy atom. The maximum atomic E-state index is 12.4. The molecule has 0 atom stereocenters. The van der Waals surface area contributed by atoms with Crippen LogP contribution < -0.4 is 5.73 Å². The molecule has 1 aromatic carbocycles. The largest absolute Gasteiger partial charge is 0.395 e. The van der Waals surface area contributed by atoms with Crippen molar-refractivity contribution in [3.63, 3.8) is 0 Å². The molecule has 1 nitrogen and oxygen atoms in total. The summed E-state index contributed by atoms with van der Waals surface area (Å²) in [6, 6.07) is 4.31. The second kappa shape index (κ2) is 3.64. The molecule has 4 heteroatoms. The van der Waals surface area contributed by atoms with Crippen LogP contribution in [0.2, 0.25) is 5.02 Å². The minimum atomic E-state index is -0.470. The maximum Gasteiger partial charge on any atom is 0.147 e. The minimum Gasteiger partial charge on any atom is -0.395 e. The van der Waals surface area contributed by atoms with Crippen LogP contribution >= 0.6 is 24.0 Å². The van der Waals surface area contributed by atoms with E-state index in [1.54, 1.807) is 6.07 Å². The van der Waals surface area contributed by atoms with Crippen LogP contribution in [0.5, 0.6) is 0 Å². The Balaban J connectivity index is 0.000000810. The number of hydrogen-bond donors (Lipinski definition) is 1. The standard InChI is InChI=1S/C6H5ClFN.ClH/c7-4-2-1-3-5(8)6(4)9;/h1-3H,9H2;1H. The number of benzene rings is 1. The first-order valence-electron chi connectivity index (χ1n) is 2.41. The van der Waals surface area contributed by atoms with Gasteiger partial charge in [0, 0.05) is 0 Å². The second-order valence-electron chi connectivity index (χ2n) is 1.64. The highest BCUT2D eigenvalue weighted by atomic mass is 35.5. The quantitative estimate of drug-likeness (QED) is 0.612. The van der Waals surface area contributed by atoms with Crippen molar-refractivity contribution in [2.45, 2.75) is 0 Å². The number of anilines is 1. The molecule has 0 amide bonds. The average molecular weight is 182 g/mol. The first-order valence-corrected chi connectivity index (χ1v) is 2.79. The zero-order valence-electron chi connectivity index (χ0n) is 4.97. The Bertz CT molecular complexity index is 207. The van der Waals surface area contributed by atoms with Gasteiger partial charge in [0.1, 0.15) is 5.82 Å². The third kappa shape index (κ3) is 1.75. The minimum absolute atomic E-state index is 0. The van der Waals surface area contributed by atoms with Crippen LogP contribution in [0.3, 0.4) is 0 Å². The summed E-state index contributed by atoms with van der Waals surface area (Å²) in [5.41, 5.74) is 5.19. The summed E-state index contributed by atoms with van der Waals surface area (Å²) in [7, 11) is 0. The molecule has 0 spiro atoms. The molecular formula is C6H6Cl2FN. The average Bonchev–Trinajstić information content (AvgIpc) is 1.83. The predicted octanol–water partition coefficient (Wildman–Crippen LogP) is 2.48. The third-order valence-corrected chi connectivity index (χ3v) is 1.33. The van der Waals surface area contributed by atoms with E-state index < -0.39 is 5.82 Å². The molecular weight excluding hydrogens is 176 g/mol. The van der Waals surface area contributed by atoms with Gasteiger partial charge in [0.15, 0.2) is 0 Å². The number of nitrogen functional groups attached to an aromatic ring is 1. The highest BCUT2D eigenvalue weighted by Gasteiger charge is 1.98. The lowest BCUT2D eigenvalue weighted by Crippen LogP contribution is -1.89. The van der Waals surface area contributed by atoms with Gasteiger partial charge in [-0.2, -0.15) is 0 Å². The molecule has 10 heavy (non-hydrogen) atoms. The Morgan fingerprint density at radius 1 is 1.40 bits per heavy atom. The van der Waals surface area contributed by atoms with E-state index in [0.29, 0.717) is 0 Å². The molecule has 0 saturated carbocycles. The number of nitrogens with two attached hydrogens (primary N) is 1. The van der Waals surface area contributed by atoms with Gasteiger partial charge in [-0.05, 0) is 12.1 Å². The van der Waals surface area contributed by atoms with E-state index in [2.05, 4.69) is 0 Å². The van der Waals surface area contributed by atoms with Crippen molar-refractivity contribution in [3.05, 3.63) is 29.0 Å². The molecule has 0 radical (unpaired) electrons. The van der Waals surface area contributed by atoms with E-state index >= 15 is 0 Å². The molecule has 0 saturated heterocycles. The first-order chi connectivity index (χ1) is 4.22. The lowest BCUT2D eigenvalue weighted by molar-refractivity contribution is 0.632. The number of para-hydroxylation sites is 1. The smallest absolute Gasteiger partial charge is 0.147 e. The van der Waals surface area contributed by atoms with E-state index in [-0.39, 0.29) is 23.1 Å². The van der Waals surface area contributed by atoms with E-state index in [4.69, 9.17) is 17.3 Å². The summed E-state index contributed by atoms with van der Waals surface area (Å²) >= 11 is 5.45. The molecule has 56 valence electrons. The van der Waals surface area contributed by atoms with Crippen LogP contribution in [-0.2, 0) is 0 Å². The molecule has 0 fully saturated rings. The van der Waals surface area contributed by atoms with Gasteiger partial charge in [-0.3, -0.25) is 0 Å². The first kappa shape index (κ1) is 9.53. The van der Waals surface area contributed by atoms with Gasteiger partial charge in [-0.1, -0.05) is 17.7 Å². The zero-order chi connectivity index (χ0) is 6.85. The highest BCUT2D eigenvalue weighted by Crippen LogP contribution is 2.19. The molecule has 1 aromatic rings. The van der Waals surface area contributed by atoms with Crippen molar-refractivity contribution < 1.29 is 4.39 Å². The third-order valence-electron chi connectivity index (χ3n) is 1.000. The van der Waals surface area contributed by atoms with E-state index in [1.807, 2.05) is 0 Å². The lowest BCUT2D eigenvalue weighted by Gasteiger charge is -1.95. The lowest BCUT2D eigenvalue weighted by atomic mass is 10.3. The summed E-state index contributed by atoms with van der Waals surface area (Å²) in [6.07, 6.45) is 0. The van der Waals surface area contributed by atoms with Crippen LogP contribution in [0, 0.1) is 5.82 Å².